The van der Waals surface area contributed by atoms with Gasteiger partial charge in [-0.2, -0.15) is 0 Å². The monoisotopic (exact) mass is 267 g/mol. The van der Waals surface area contributed by atoms with Gasteiger partial charge in [0.2, 0.25) is 0 Å². The summed E-state index contributed by atoms with van der Waals surface area (Å²) in [6, 6.07) is 5.12. The van der Waals surface area contributed by atoms with Gasteiger partial charge in [-0.25, -0.2) is 0 Å². The summed E-state index contributed by atoms with van der Waals surface area (Å²) < 4.78 is 5.75. The van der Waals surface area contributed by atoms with E-state index in [0.29, 0.717) is 28.9 Å². The number of carbonyl (C=O) groups excluding carboxylic acids is 1. The van der Waals surface area contributed by atoms with Gasteiger partial charge in [-0.1, -0.05) is 11.6 Å². The van der Waals surface area contributed by atoms with E-state index in [2.05, 4.69) is 11.9 Å². The van der Waals surface area contributed by atoms with Crippen LogP contribution < -0.4 is 4.74 Å². The molecule has 2 rings (SSSR count). The lowest BCUT2D eigenvalue weighted by atomic mass is 10.00. The molecule has 4 heteroatoms. The van der Waals surface area contributed by atoms with Crippen molar-refractivity contribution in [2.75, 3.05) is 26.7 Å². The fourth-order valence-corrected chi connectivity index (χ4v) is 2.57. The summed E-state index contributed by atoms with van der Waals surface area (Å²) in [7, 11) is 2.14. The Kier molecular flexibility index (Phi) is 4.61. The van der Waals surface area contributed by atoms with Gasteiger partial charge in [0.25, 0.3) is 0 Å². The predicted molar refractivity (Wildman–Crippen MR) is 72.6 cm³/mol. The third kappa shape index (κ3) is 3.47. The minimum atomic E-state index is 0.503. The van der Waals surface area contributed by atoms with Gasteiger partial charge in [0, 0.05) is 18.0 Å². The summed E-state index contributed by atoms with van der Waals surface area (Å²) in [5.41, 5.74) is 0.574. The zero-order chi connectivity index (χ0) is 13.0. The molecular formula is C14H18ClNO2. The van der Waals surface area contributed by atoms with Crippen molar-refractivity contribution < 1.29 is 9.53 Å². The fraction of sp³-hybridized carbons (Fsp3) is 0.500. The molecule has 0 bridgehead atoms. The molecule has 1 heterocycles. The number of likely N-dealkylation sites (tertiary alicyclic amines) is 1. The van der Waals surface area contributed by atoms with Gasteiger partial charge in [-0.3, -0.25) is 4.79 Å². The van der Waals surface area contributed by atoms with Crippen LogP contribution in [0.25, 0.3) is 0 Å². The molecule has 98 valence electrons. The molecule has 0 N–H and O–H groups in total. The van der Waals surface area contributed by atoms with E-state index in [1.165, 1.54) is 19.4 Å². The standard InChI is InChI=1S/C14H18ClNO2/c1-16-6-2-3-12(8-16)10-18-14-5-4-11(9-17)7-13(14)15/h4-5,7,9,12H,2-3,6,8,10H2,1H3. The zero-order valence-corrected chi connectivity index (χ0v) is 11.3. The van der Waals surface area contributed by atoms with Crippen molar-refractivity contribution >= 4 is 17.9 Å². The maximum absolute atomic E-state index is 10.6. The van der Waals surface area contributed by atoms with Gasteiger partial charge in [0.15, 0.2) is 0 Å². The molecule has 0 aromatic heterocycles. The maximum Gasteiger partial charge on any atom is 0.150 e. The molecule has 1 aromatic carbocycles. The molecule has 0 spiro atoms. The van der Waals surface area contributed by atoms with Crippen molar-refractivity contribution in [3.63, 3.8) is 0 Å². The molecule has 1 aromatic rings. The molecule has 1 aliphatic heterocycles. The SMILES string of the molecule is CN1CCCC(COc2ccc(C=O)cc2Cl)C1. The third-order valence-electron chi connectivity index (χ3n) is 3.29. The molecule has 0 amide bonds. The lowest BCUT2D eigenvalue weighted by Gasteiger charge is -2.29. The fourth-order valence-electron chi connectivity index (χ4n) is 2.32. The van der Waals surface area contributed by atoms with E-state index < -0.39 is 0 Å². The Morgan fingerprint density at radius 3 is 3.06 bits per heavy atom. The molecule has 1 unspecified atom stereocenters. The topological polar surface area (TPSA) is 29.5 Å². The summed E-state index contributed by atoms with van der Waals surface area (Å²) in [4.78, 5) is 12.9. The summed E-state index contributed by atoms with van der Waals surface area (Å²) >= 11 is 6.06. The first-order chi connectivity index (χ1) is 8.69. The largest absolute Gasteiger partial charge is 0.492 e. The van der Waals surface area contributed by atoms with Crippen LogP contribution >= 0.6 is 11.6 Å². The Balaban J connectivity index is 1.91. The summed E-state index contributed by atoms with van der Waals surface area (Å²) in [5.74, 6) is 1.22. The van der Waals surface area contributed by atoms with Crippen LogP contribution in [-0.2, 0) is 0 Å². The second-order valence-corrected chi connectivity index (χ2v) is 5.30. The van der Waals surface area contributed by atoms with Crippen LogP contribution in [0.2, 0.25) is 5.02 Å². The summed E-state index contributed by atoms with van der Waals surface area (Å²) in [5, 5.41) is 0.503. The quantitative estimate of drug-likeness (QED) is 0.786. The average Bonchev–Trinajstić information content (AvgIpc) is 2.37. The number of hydrogen-bond acceptors (Lipinski definition) is 3. The van der Waals surface area contributed by atoms with Gasteiger partial charge in [0.05, 0.1) is 11.6 Å². The van der Waals surface area contributed by atoms with Gasteiger partial charge >= 0.3 is 0 Å². The van der Waals surface area contributed by atoms with E-state index in [0.717, 1.165) is 12.8 Å². The van der Waals surface area contributed by atoms with Gasteiger partial charge in [0.1, 0.15) is 12.0 Å². The number of nitrogens with zero attached hydrogens (tertiary/aromatic N) is 1. The minimum absolute atomic E-state index is 0.503. The van der Waals surface area contributed by atoms with Crippen LogP contribution in [0.1, 0.15) is 23.2 Å². The Labute approximate surface area is 113 Å². The highest BCUT2D eigenvalue weighted by Gasteiger charge is 2.18. The van der Waals surface area contributed by atoms with Crippen LogP contribution in [0.3, 0.4) is 0 Å². The molecule has 0 aliphatic carbocycles. The normalized spacial score (nSPS) is 20.7. The highest BCUT2D eigenvalue weighted by Crippen LogP contribution is 2.26. The van der Waals surface area contributed by atoms with Crippen LogP contribution in [0.15, 0.2) is 18.2 Å². The van der Waals surface area contributed by atoms with Crippen molar-refractivity contribution in [1.29, 1.82) is 0 Å². The number of benzene rings is 1. The number of carbonyl (C=O) groups is 1. The molecule has 1 fully saturated rings. The van der Waals surface area contributed by atoms with Crippen molar-refractivity contribution in [1.82, 2.24) is 4.90 Å². The molecule has 3 nitrogen and oxygen atoms in total. The molecule has 0 radical (unpaired) electrons. The maximum atomic E-state index is 10.6. The second-order valence-electron chi connectivity index (χ2n) is 4.89. The van der Waals surface area contributed by atoms with E-state index in [9.17, 15) is 4.79 Å². The molecule has 1 saturated heterocycles. The van der Waals surface area contributed by atoms with Crippen LogP contribution in [0, 0.1) is 5.92 Å². The van der Waals surface area contributed by atoms with E-state index in [1.807, 2.05) is 0 Å². The Morgan fingerprint density at radius 1 is 1.56 bits per heavy atom. The van der Waals surface area contributed by atoms with E-state index >= 15 is 0 Å². The van der Waals surface area contributed by atoms with Gasteiger partial charge < -0.3 is 9.64 Å². The van der Waals surface area contributed by atoms with Crippen LogP contribution in [0.4, 0.5) is 0 Å². The van der Waals surface area contributed by atoms with Crippen molar-refractivity contribution in [3.05, 3.63) is 28.8 Å². The second kappa shape index (κ2) is 6.21. The van der Waals surface area contributed by atoms with Crippen LogP contribution in [-0.4, -0.2) is 37.9 Å². The Bertz CT molecular complexity index is 422. The van der Waals surface area contributed by atoms with Crippen molar-refractivity contribution in [2.45, 2.75) is 12.8 Å². The third-order valence-corrected chi connectivity index (χ3v) is 3.58. The lowest BCUT2D eigenvalue weighted by molar-refractivity contribution is 0.112. The molecule has 18 heavy (non-hydrogen) atoms. The number of hydrogen-bond donors (Lipinski definition) is 0. The predicted octanol–water partition coefficient (Wildman–Crippen LogP) is 2.87. The number of ether oxygens (including phenoxy) is 1. The van der Waals surface area contributed by atoms with E-state index in [1.54, 1.807) is 18.2 Å². The van der Waals surface area contributed by atoms with Crippen molar-refractivity contribution in [3.8, 4) is 5.75 Å². The van der Waals surface area contributed by atoms with Crippen LogP contribution in [0.5, 0.6) is 5.75 Å². The number of aldehydes is 1. The first-order valence-electron chi connectivity index (χ1n) is 6.25. The first-order valence-corrected chi connectivity index (χ1v) is 6.63. The molecule has 1 atom stereocenters. The molecule has 0 saturated carbocycles. The Hall–Kier alpha value is -1.06. The summed E-state index contributed by atoms with van der Waals surface area (Å²) in [6.45, 7) is 2.93. The number of piperidine rings is 1. The smallest absolute Gasteiger partial charge is 0.150 e. The highest BCUT2D eigenvalue weighted by atomic mass is 35.5. The molecule has 1 aliphatic rings. The first kappa shape index (κ1) is 13.4. The lowest BCUT2D eigenvalue weighted by Crippen LogP contribution is -2.34. The van der Waals surface area contributed by atoms with Crippen molar-refractivity contribution in [2.24, 2.45) is 5.92 Å². The highest BCUT2D eigenvalue weighted by molar-refractivity contribution is 6.32. The number of rotatable bonds is 4. The summed E-state index contributed by atoms with van der Waals surface area (Å²) in [6.07, 6.45) is 3.21. The van der Waals surface area contributed by atoms with E-state index in [4.69, 9.17) is 16.3 Å². The van der Waals surface area contributed by atoms with Gasteiger partial charge in [-0.05, 0) is 44.6 Å². The average molecular weight is 268 g/mol. The minimum Gasteiger partial charge on any atom is -0.492 e. The zero-order valence-electron chi connectivity index (χ0n) is 10.6. The molecular weight excluding hydrogens is 250 g/mol. The van der Waals surface area contributed by atoms with Gasteiger partial charge in [-0.15, -0.1) is 0 Å². The Morgan fingerprint density at radius 2 is 2.39 bits per heavy atom. The van der Waals surface area contributed by atoms with E-state index in [-0.39, 0.29) is 0 Å². The number of halogens is 1.